The zero-order valence-electron chi connectivity index (χ0n) is 15.0. The van der Waals surface area contributed by atoms with E-state index in [1.54, 1.807) is 20.1 Å². The smallest absolute Gasteiger partial charge is 0.317 e. The summed E-state index contributed by atoms with van der Waals surface area (Å²) in [6, 6.07) is 0. The minimum absolute atomic E-state index is 0.0407. The Morgan fingerprint density at radius 1 is 1.08 bits per heavy atom. The van der Waals surface area contributed by atoms with Crippen molar-refractivity contribution in [2.45, 2.75) is 46.3 Å². The third-order valence-electron chi connectivity index (χ3n) is 3.55. The Balaban J connectivity index is 2.94. The lowest BCUT2D eigenvalue weighted by Crippen LogP contribution is -2.40. The highest BCUT2D eigenvalue weighted by Gasteiger charge is 2.32. The molecule has 0 spiro atoms. The van der Waals surface area contributed by atoms with Crippen molar-refractivity contribution in [1.82, 2.24) is 0 Å². The van der Waals surface area contributed by atoms with Gasteiger partial charge in [0.15, 0.2) is 5.78 Å². The van der Waals surface area contributed by atoms with E-state index in [4.69, 9.17) is 13.9 Å². The summed E-state index contributed by atoms with van der Waals surface area (Å²) < 4.78 is 15.0. The van der Waals surface area contributed by atoms with Gasteiger partial charge in [0.2, 0.25) is 0 Å². The summed E-state index contributed by atoms with van der Waals surface area (Å²) in [5.74, 6) is -2.77. The zero-order chi connectivity index (χ0) is 18.3. The van der Waals surface area contributed by atoms with Gasteiger partial charge in [-0.25, -0.2) is 0 Å². The first-order chi connectivity index (χ1) is 11.2. The molecular weight excluding hydrogens is 328 g/mol. The van der Waals surface area contributed by atoms with Gasteiger partial charge in [0.25, 0.3) is 0 Å². The number of ether oxygens (including phenoxy) is 2. The van der Waals surface area contributed by atoms with E-state index < -0.39 is 25.9 Å². The number of carbonyl (C=O) groups is 3. The minimum atomic E-state index is -1.67. The number of carbonyl (C=O) groups excluding carboxylic acids is 3. The molecule has 1 unspecified atom stereocenters. The van der Waals surface area contributed by atoms with Crippen LogP contribution in [0.1, 0.15) is 25.8 Å². The molecule has 1 rings (SSSR count). The fraction of sp³-hybridized carbons (Fsp3) is 0.588. The van der Waals surface area contributed by atoms with E-state index in [1.807, 2.05) is 0 Å². The van der Waals surface area contributed by atoms with Crippen molar-refractivity contribution in [2.75, 3.05) is 13.2 Å². The summed E-state index contributed by atoms with van der Waals surface area (Å²) >= 11 is 0. The topological polar surface area (TPSA) is 82.8 Å². The summed E-state index contributed by atoms with van der Waals surface area (Å²) in [6.07, 6.45) is 2.95. The predicted octanol–water partition coefficient (Wildman–Crippen LogP) is 2.07. The van der Waals surface area contributed by atoms with E-state index in [0.717, 1.165) is 10.8 Å². The maximum atomic E-state index is 12.6. The predicted molar refractivity (Wildman–Crippen MR) is 91.8 cm³/mol. The summed E-state index contributed by atoms with van der Waals surface area (Å²) in [6.45, 7) is 10.1. The quantitative estimate of drug-likeness (QED) is 0.383. The van der Waals surface area contributed by atoms with Gasteiger partial charge in [0.1, 0.15) is 5.92 Å². The molecule has 0 saturated carbocycles. The summed E-state index contributed by atoms with van der Waals surface area (Å²) in [5.41, 5.74) is 0.775. The Bertz CT molecular complexity index is 584. The Hall–Kier alpha value is -1.89. The fourth-order valence-corrected chi connectivity index (χ4v) is 3.92. The van der Waals surface area contributed by atoms with Crippen LogP contribution in [0.4, 0.5) is 0 Å². The van der Waals surface area contributed by atoms with Crippen LogP contribution in [0, 0.1) is 5.92 Å². The number of hydrogen-bond acceptors (Lipinski definition) is 6. The van der Waals surface area contributed by atoms with Gasteiger partial charge in [0, 0.05) is 6.42 Å². The largest absolute Gasteiger partial charge is 0.472 e. The minimum Gasteiger partial charge on any atom is -0.472 e. The maximum absolute atomic E-state index is 12.6. The van der Waals surface area contributed by atoms with Crippen LogP contribution in [0.15, 0.2) is 16.9 Å². The molecule has 0 saturated heterocycles. The van der Waals surface area contributed by atoms with Gasteiger partial charge in [-0.15, -0.1) is 0 Å². The molecule has 1 heterocycles. The zero-order valence-corrected chi connectivity index (χ0v) is 16.0. The van der Waals surface area contributed by atoms with Gasteiger partial charge in [-0.05, 0) is 24.6 Å². The SMILES string of the molecule is CCOC(=O)CC(C(=O)Cc1cocc1[Si](C)(C)C)C(=O)OCC. The Morgan fingerprint density at radius 2 is 1.71 bits per heavy atom. The standard InChI is InChI=1S/C17H26O6Si/c1-6-22-16(19)9-13(17(20)23-7-2)14(18)8-12-10-21-11-15(12)24(3,4)5/h10-11,13H,6-9H2,1-5H3. The maximum Gasteiger partial charge on any atom is 0.317 e. The number of hydrogen-bond donors (Lipinski definition) is 0. The molecule has 0 N–H and O–H groups in total. The lowest BCUT2D eigenvalue weighted by molar-refractivity contribution is -0.157. The van der Waals surface area contributed by atoms with Crippen LogP contribution in [0.5, 0.6) is 0 Å². The molecule has 1 aromatic rings. The highest BCUT2D eigenvalue weighted by molar-refractivity contribution is 6.89. The fourth-order valence-electron chi connectivity index (χ4n) is 2.39. The Labute approximate surface area is 143 Å². The highest BCUT2D eigenvalue weighted by Crippen LogP contribution is 2.15. The third kappa shape index (κ3) is 5.63. The second kappa shape index (κ2) is 8.82. The number of rotatable bonds is 9. The van der Waals surface area contributed by atoms with Crippen LogP contribution in [-0.2, 0) is 30.3 Å². The molecule has 1 atom stereocenters. The number of furan rings is 1. The second-order valence-electron chi connectivity index (χ2n) is 6.52. The third-order valence-corrected chi connectivity index (χ3v) is 5.61. The van der Waals surface area contributed by atoms with E-state index in [0.29, 0.717) is 0 Å². The molecule has 0 aliphatic heterocycles. The van der Waals surface area contributed by atoms with E-state index in [1.165, 1.54) is 6.26 Å². The molecule has 0 aliphatic carbocycles. The molecule has 6 nitrogen and oxygen atoms in total. The van der Waals surface area contributed by atoms with E-state index in [9.17, 15) is 14.4 Å². The summed E-state index contributed by atoms with van der Waals surface area (Å²) in [7, 11) is -1.67. The normalized spacial score (nSPS) is 12.5. The summed E-state index contributed by atoms with van der Waals surface area (Å²) in [5, 5.41) is 1.04. The van der Waals surface area contributed by atoms with Crippen molar-refractivity contribution < 1.29 is 28.3 Å². The van der Waals surface area contributed by atoms with Crippen LogP contribution < -0.4 is 5.19 Å². The van der Waals surface area contributed by atoms with Crippen molar-refractivity contribution in [3.8, 4) is 0 Å². The molecule has 0 fully saturated rings. The molecule has 0 bridgehead atoms. The first-order valence-electron chi connectivity index (χ1n) is 8.11. The molecule has 7 heteroatoms. The van der Waals surface area contributed by atoms with Crippen molar-refractivity contribution in [3.63, 3.8) is 0 Å². The van der Waals surface area contributed by atoms with Gasteiger partial charge in [-0.1, -0.05) is 19.6 Å². The molecular formula is C17H26O6Si. The van der Waals surface area contributed by atoms with Crippen molar-refractivity contribution in [2.24, 2.45) is 5.92 Å². The number of Topliss-reactive ketones (excluding diaryl/α,β-unsaturated/α-hetero) is 1. The van der Waals surface area contributed by atoms with Crippen LogP contribution in [0.2, 0.25) is 19.6 Å². The van der Waals surface area contributed by atoms with Gasteiger partial charge in [-0.3, -0.25) is 14.4 Å². The first kappa shape index (κ1) is 20.2. The molecule has 0 aliphatic rings. The van der Waals surface area contributed by atoms with Crippen LogP contribution in [-0.4, -0.2) is 39.0 Å². The van der Waals surface area contributed by atoms with E-state index in [2.05, 4.69) is 19.6 Å². The highest BCUT2D eigenvalue weighted by atomic mass is 28.3. The Kier molecular flexibility index (Phi) is 7.40. The van der Waals surface area contributed by atoms with Crippen molar-refractivity contribution in [1.29, 1.82) is 0 Å². The second-order valence-corrected chi connectivity index (χ2v) is 11.6. The Morgan fingerprint density at radius 3 is 2.25 bits per heavy atom. The van der Waals surface area contributed by atoms with E-state index >= 15 is 0 Å². The average Bonchev–Trinajstić information content (AvgIpc) is 2.93. The van der Waals surface area contributed by atoms with Gasteiger partial charge >= 0.3 is 11.9 Å². The lowest BCUT2D eigenvalue weighted by atomic mass is 9.96. The summed E-state index contributed by atoms with van der Waals surface area (Å²) in [4.78, 5) is 36.4. The van der Waals surface area contributed by atoms with Crippen LogP contribution in [0.3, 0.4) is 0 Å². The molecule has 24 heavy (non-hydrogen) atoms. The van der Waals surface area contributed by atoms with Crippen molar-refractivity contribution >= 4 is 31.0 Å². The average molecular weight is 354 g/mol. The molecule has 1 aromatic heterocycles. The van der Waals surface area contributed by atoms with Crippen molar-refractivity contribution in [3.05, 3.63) is 18.1 Å². The van der Waals surface area contributed by atoms with Gasteiger partial charge in [-0.2, -0.15) is 0 Å². The first-order valence-corrected chi connectivity index (χ1v) is 11.6. The van der Waals surface area contributed by atoms with Crippen LogP contribution >= 0.6 is 0 Å². The van der Waals surface area contributed by atoms with E-state index in [-0.39, 0.29) is 31.8 Å². The lowest BCUT2D eigenvalue weighted by Gasteiger charge is -2.17. The molecule has 134 valence electrons. The number of ketones is 1. The van der Waals surface area contributed by atoms with Gasteiger partial charge < -0.3 is 13.9 Å². The molecule has 0 amide bonds. The number of esters is 2. The van der Waals surface area contributed by atoms with Crippen LogP contribution in [0.25, 0.3) is 0 Å². The monoisotopic (exact) mass is 354 g/mol. The van der Waals surface area contributed by atoms with Gasteiger partial charge in [0.05, 0.1) is 40.2 Å². The molecule has 0 radical (unpaired) electrons. The molecule has 0 aromatic carbocycles.